The highest BCUT2D eigenvalue weighted by molar-refractivity contribution is 5.83. The van der Waals surface area contributed by atoms with E-state index in [1.165, 1.54) is 0 Å². The van der Waals surface area contributed by atoms with Gasteiger partial charge in [-0.25, -0.2) is 4.79 Å². The molecule has 0 aliphatic rings. The highest BCUT2D eigenvalue weighted by atomic mass is 16.1. The summed E-state index contributed by atoms with van der Waals surface area (Å²) in [7, 11) is 0. The maximum atomic E-state index is 13.5. The van der Waals surface area contributed by atoms with E-state index in [9.17, 15) is 4.79 Å². The molecule has 0 amide bonds. The number of aryl methyl sites for hydroxylation is 2. The molecule has 0 fully saturated rings. The average molecular weight is 392 g/mol. The summed E-state index contributed by atoms with van der Waals surface area (Å²) in [5.41, 5.74) is 7.00. The van der Waals surface area contributed by atoms with Crippen LogP contribution in [0.25, 0.3) is 11.0 Å². The van der Waals surface area contributed by atoms with Crippen LogP contribution >= 0.6 is 0 Å². The zero-order valence-corrected chi connectivity index (χ0v) is 16.9. The van der Waals surface area contributed by atoms with E-state index >= 15 is 0 Å². The van der Waals surface area contributed by atoms with Gasteiger partial charge >= 0.3 is 5.69 Å². The van der Waals surface area contributed by atoms with Gasteiger partial charge in [0.1, 0.15) is 0 Å². The van der Waals surface area contributed by atoms with Gasteiger partial charge in [-0.15, -0.1) is 0 Å². The Balaban J connectivity index is 1.85. The molecule has 0 spiro atoms. The van der Waals surface area contributed by atoms with Gasteiger partial charge in [0, 0.05) is 0 Å². The second kappa shape index (κ2) is 7.73. The summed E-state index contributed by atoms with van der Waals surface area (Å²) >= 11 is 0. The van der Waals surface area contributed by atoms with E-state index in [1.807, 2.05) is 59.4 Å². The van der Waals surface area contributed by atoms with E-state index in [2.05, 4.69) is 12.1 Å². The Morgan fingerprint density at radius 3 is 1.37 bits per heavy atom. The third-order valence-corrected chi connectivity index (χ3v) is 5.40. The maximum Gasteiger partial charge on any atom is 0.329 e. The van der Waals surface area contributed by atoms with E-state index in [1.54, 1.807) is 24.3 Å². The Hall–Kier alpha value is -4.09. The lowest BCUT2D eigenvalue weighted by atomic mass is 10.1. The van der Waals surface area contributed by atoms with E-state index in [0.717, 1.165) is 33.3 Å². The molecule has 1 heterocycles. The monoisotopic (exact) mass is 392 g/mol. The molecule has 0 aliphatic carbocycles. The zero-order valence-electron chi connectivity index (χ0n) is 16.9. The van der Waals surface area contributed by atoms with Crippen molar-refractivity contribution in [1.29, 1.82) is 10.5 Å². The normalized spacial score (nSPS) is 10.7. The first-order valence-corrected chi connectivity index (χ1v) is 9.69. The first-order chi connectivity index (χ1) is 14.5. The Morgan fingerprint density at radius 1 is 0.667 bits per heavy atom. The minimum atomic E-state index is -0.0730. The molecule has 0 unspecified atom stereocenters. The minimum absolute atomic E-state index is 0.0730. The first kappa shape index (κ1) is 19.2. The SMILES string of the molecule is Cc1ccc(C)c2c1n(Cc1ccc(C#N)cc1)c(=O)n2Cc1ccc(C#N)cc1. The molecular weight excluding hydrogens is 372 g/mol. The molecule has 146 valence electrons. The third-order valence-electron chi connectivity index (χ3n) is 5.40. The van der Waals surface area contributed by atoms with Crippen LogP contribution in [0.1, 0.15) is 33.4 Å². The van der Waals surface area contributed by atoms with Gasteiger partial charge in [-0.1, -0.05) is 36.4 Å². The van der Waals surface area contributed by atoms with Gasteiger partial charge in [0.25, 0.3) is 0 Å². The van der Waals surface area contributed by atoms with Crippen LogP contribution in [-0.2, 0) is 13.1 Å². The number of rotatable bonds is 4. The molecule has 1 aromatic heterocycles. The lowest BCUT2D eigenvalue weighted by Crippen LogP contribution is -2.25. The Morgan fingerprint density at radius 2 is 1.03 bits per heavy atom. The fraction of sp³-hybridized carbons (Fsp3) is 0.160. The van der Waals surface area contributed by atoms with Crippen LogP contribution in [0.3, 0.4) is 0 Å². The lowest BCUT2D eigenvalue weighted by Gasteiger charge is -2.08. The van der Waals surface area contributed by atoms with Crippen LogP contribution in [0, 0.1) is 36.5 Å². The molecule has 0 bridgehead atoms. The number of nitriles is 2. The summed E-state index contributed by atoms with van der Waals surface area (Å²) in [4.78, 5) is 13.5. The summed E-state index contributed by atoms with van der Waals surface area (Å²) in [6, 6.07) is 23.0. The molecule has 5 heteroatoms. The number of aromatic nitrogens is 2. The smallest absolute Gasteiger partial charge is 0.287 e. The van der Waals surface area contributed by atoms with Crippen molar-refractivity contribution in [3.8, 4) is 12.1 Å². The summed E-state index contributed by atoms with van der Waals surface area (Å²) < 4.78 is 3.62. The quantitative estimate of drug-likeness (QED) is 0.521. The second-order valence-corrected chi connectivity index (χ2v) is 7.47. The zero-order chi connectivity index (χ0) is 21.3. The Kier molecular flexibility index (Phi) is 4.96. The molecule has 30 heavy (non-hydrogen) atoms. The predicted octanol–water partition coefficient (Wildman–Crippen LogP) is 4.26. The molecule has 4 aromatic rings. The molecule has 3 aromatic carbocycles. The van der Waals surface area contributed by atoms with Crippen molar-refractivity contribution in [1.82, 2.24) is 9.13 Å². The summed E-state index contributed by atoms with van der Waals surface area (Å²) in [5, 5.41) is 18.0. The molecule has 0 atom stereocenters. The van der Waals surface area contributed by atoms with Crippen LogP contribution in [0.5, 0.6) is 0 Å². The second-order valence-electron chi connectivity index (χ2n) is 7.47. The van der Waals surface area contributed by atoms with Crippen molar-refractivity contribution in [3.05, 3.63) is 105 Å². The van der Waals surface area contributed by atoms with Crippen molar-refractivity contribution >= 4 is 11.0 Å². The van der Waals surface area contributed by atoms with E-state index in [0.29, 0.717) is 24.2 Å². The maximum absolute atomic E-state index is 13.5. The van der Waals surface area contributed by atoms with Crippen molar-refractivity contribution < 1.29 is 0 Å². The Bertz CT molecular complexity index is 1270. The largest absolute Gasteiger partial charge is 0.329 e. The van der Waals surface area contributed by atoms with Crippen molar-refractivity contribution in [3.63, 3.8) is 0 Å². The highest BCUT2D eigenvalue weighted by Crippen LogP contribution is 2.23. The van der Waals surface area contributed by atoms with Gasteiger partial charge in [0.2, 0.25) is 0 Å². The fourth-order valence-corrected chi connectivity index (χ4v) is 3.83. The van der Waals surface area contributed by atoms with Gasteiger partial charge in [-0.05, 0) is 60.4 Å². The standard InChI is InChI=1S/C25H20N4O/c1-17-3-4-18(2)24-23(17)28(15-21-9-5-19(13-26)6-10-21)25(30)29(24)16-22-11-7-20(14-27)8-12-22/h3-12H,15-16H2,1-2H3. The van der Waals surface area contributed by atoms with Crippen molar-refractivity contribution in [2.45, 2.75) is 26.9 Å². The minimum Gasteiger partial charge on any atom is -0.287 e. The molecule has 0 aliphatic heterocycles. The van der Waals surface area contributed by atoms with Crippen LogP contribution in [0.4, 0.5) is 0 Å². The van der Waals surface area contributed by atoms with Crippen molar-refractivity contribution in [2.24, 2.45) is 0 Å². The molecule has 0 saturated heterocycles. The number of imidazole rings is 1. The number of nitrogens with zero attached hydrogens (tertiary/aromatic N) is 4. The van der Waals surface area contributed by atoms with Crippen LogP contribution in [-0.4, -0.2) is 9.13 Å². The van der Waals surface area contributed by atoms with E-state index in [4.69, 9.17) is 10.5 Å². The summed E-state index contributed by atoms with van der Waals surface area (Å²) in [6.07, 6.45) is 0. The molecule has 0 N–H and O–H groups in total. The van der Waals surface area contributed by atoms with Crippen molar-refractivity contribution in [2.75, 3.05) is 0 Å². The van der Waals surface area contributed by atoms with Gasteiger partial charge in [-0.2, -0.15) is 10.5 Å². The number of benzene rings is 3. The lowest BCUT2D eigenvalue weighted by molar-refractivity contribution is 0.700. The number of hydrogen-bond donors (Lipinski definition) is 0. The van der Waals surface area contributed by atoms with Gasteiger partial charge in [0.05, 0.1) is 47.4 Å². The van der Waals surface area contributed by atoms with Gasteiger partial charge in [0.15, 0.2) is 0 Å². The number of hydrogen-bond acceptors (Lipinski definition) is 3. The molecule has 5 nitrogen and oxygen atoms in total. The van der Waals surface area contributed by atoms with E-state index < -0.39 is 0 Å². The number of fused-ring (bicyclic) bond motifs is 1. The first-order valence-electron chi connectivity index (χ1n) is 9.69. The Labute approximate surface area is 174 Å². The van der Waals surface area contributed by atoms with Crippen LogP contribution in [0.15, 0.2) is 65.5 Å². The van der Waals surface area contributed by atoms with E-state index in [-0.39, 0.29) is 5.69 Å². The average Bonchev–Trinajstić information content (AvgIpc) is 3.04. The topological polar surface area (TPSA) is 74.5 Å². The summed E-state index contributed by atoms with van der Waals surface area (Å²) in [5.74, 6) is 0. The van der Waals surface area contributed by atoms with Gasteiger partial charge < -0.3 is 0 Å². The molecule has 0 saturated carbocycles. The molecule has 4 rings (SSSR count). The third kappa shape index (κ3) is 3.38. The molecule has 0 radical (unpaired) electrons. The fourth-order valence-electron chi connectivity index (χ4n) is 3.83. The van der Waals surface area contributed by atoms with Crippen LogP contribution in [0.2, 0.25) is 0 Å². The highest BCUT2D eigenvalue weighted by Gasteiger charge is 2.17. The van der Waals surface area contributed by atoms with Crippen LogP contribution < -0.4 is 5.69 Å². The predicted molar refractivity (Wildman–Crippen MR) is 116 cm³/mol. The summed E-state index contributed by atoms with van der Waals surface area (Å²) in [6.45, 7) is 4.91. The molecular formula is C25H20N4O. The van der Waals surface area contributed by atoms with Gasteiger partial charge in [-0.3, -0.25) is 9.13 Å².